The molecule has 0 amide bonds. The third kappa shape index (κ3) is 3.23. The Morgan fingerprint density at radius 3 is 1.71 bits per heavy atom. The number of rotatable bonds is 4. The van der Waals surface area contributed by atoms with Crippen molar-refractivity contribution in [3.8, 4) is 0 Å². The molecule has 0 unspecified atom stereocenters. The van der Waals surface area contributed by atoms with E-state index in [2.05, 4.69) is 13.8 Å². The molecule has 0 aliphatic rings. The van der Waals surface area contributed by atoms with E-state index in [4.69, 9.17) is 4.42 Å². The first kappa shape index (κ1) is 16.3. The Hall–Kier alpha value is -1.10. The highest BCUT2D eigenvalue weighted by atomic mass is 32.1. The second-order valence-electron chi connectivity index (χ2n) is 7.07. The third-order valence-electron chi connectivity index (χ3n) is 3.65. The van der Waals surface area contributed by atoms with Crippen molar-refractivity contribution in [1.29, 1.82) is 0 Å². The molecule has 2 rings (SSSR count). The molecule has 0 aromatic carbocycles. The van der Waals surface area contributed by atoms with E-state index in [9.17, 15) is 10.2 Å². The second kappa shape index (κ2) is 4.97. The highest BCUT2D eigenvalue weighted by Gasteiger charge is 2.32. The fourth-order valence-corrected chi connectivity index (χ4v) is 3.24. The SMILES string of the molecule is CC(C)(O)c1ccc(C(C)(C)c2ccc(C(C)(C)O)s2)o1. The predicted octanol–water partition coefficient (Wildman–Crippen LogP) is 4.12. The van der Waals surface area contributed by atoms with Crippen LogP contribution in [0.2, 0.25) is 0 Å². The number of hydrogen-bond acceptors (Lipinski definition) is 4. The lowest BCUT2D eigenvalue weighted by molar-refractivity contribution is 0.0520. The standard InChI is InChI=1S/C17H24O3S/c1-15(2,11-7-8-12(20-11)16(3,4)18)13-9-10-14(21-13)17(5,6)19/h7-10,18-19H,1-6H3. The minimum atomic E-state index is -0.984. The van der Waals surface area contributed by atoms with Gasteiger partial charge in [0.25, 0.3) is 0 Å². The van der Waals surface area contributed by atoms with Gasteiger partial charge in [-0.15, -0.1) is 11.3 Å². The van der Waals surface area contributed by atoms with E-state index in [1.165, 1.54) is 0 Å². The number of hydrogen-bond donors (Lipinski definition) is 2. The Kier molecular flexibility index (Phi) is 3.85. The smallest absolute Gasteiger partial charge is 0.135 e. The Morgan fingerprint density at radius 2 is 1.29 bits per heavy atom. The molecule has 2 heterocycles. The maximum Gasteiger partial charge on any atom is 0.135 e. The minimum absolute atomic E-state index is 0.308. The zero-order valence-corrected chi connectivity index (χ0v) is 14.3. The Bertz CT molecular complexity index is 567. The van der Waals surface area contributed by atoms with E-state index < -0.39 is 11.2 Å². The molecule has 4 heteroatoms. The molecule has 2 N–H and O–H groups in total. The molecule has 0 saturated carbocycles. The van der Waals surface area contributed by atoms with E-state index in [0.29, 0.717) is 5.76 Å². The summed E-state index contributed by atoms with van der Waals surface area (Å²) < 4.78 is 5.86. The first-order valence-electron chi connectivity index (χ1n) is 7.09. The summed E-state index contributed by atoms with van der Waals surface area (Å²) in [5.74, 6) is 1.37. The average molecular weight is 308 g/mol. The molecule has 0 fully saturated rings. The van der Waals surface area contributed by atoms with Gasteiger partial charge in [-0.05, 0) is 65.8 Å². The minimum Gasteiger partial charge on any atom is -0.462 e. The zero-order chi connectivity index (χ0) is 16.1. The van der Waals surface area contributed by atoms with E-state index in [1.54, 1.807) is 39.0 Å². The van der Waals surface area contributed by atoms with Crippen LogP contribution in [0.25, 0.3) is 0 Å². The topological polar surface area (TPSA) is 53.6 Å². The molecule has 0 aliphatic carbocycles. The van der Waals surface area contributed by atoms with Crippen LogP contribution in [0.15, 0.2) is 28.7 Å². The molecule has 21 heavy (non-hydrogen) atoms. The van der Waals surface area contributed by atoms with Crippen LogP contribution < -0.4 is 0 Å². The molecule has 3 nitrogen and oxygen atoms in total. The molecule has 0 aliphatic heterocycles. The van der Waals surface area contributed by atoms with Gasteiger partial charge < -0.3 is 14.6 Å². The normalized spacial score (nSPS) is 13.7. The molecule has 0 spiro atoms. The van der Waals surface area contributed by atoms with Crippen molar-refractivity contribution >= 4 is 11.3 Å². The maximum atomic E-state index is 10.1. The molecule has 0 bridgehead atoms. The maximum absolute atomic E-state index is 10.1. The Labute approximate surface area is 130 Å². The van der Waals surface area contributed by atoms with E-state index in [-0.39, 0.29) is 5.41 Å². The van der Waals surface area contributed by atoms with E-state index in [1.807, 2.05) is 24.3 Å². The van der Waals surface area contributed by atoms with Crippen LogP contribution in [-0.2, 0) is 16.6 Å². The molecule has 0 saturated heterocycles. The summed E-state index contributed by atoms with van der Waals surface area (Å²) in [6, 6.07) is 7.73. The largest absolute Gasteiger partial charge is 0.462 e. The Balaban J connectivity index is 2.38. The van der Waals surface area contributed by atoms with Crippen molar-refractivity contribution in [3.63, 3.8) is 0 Å². The van der Waals surface area contributed by atoms with Gasteiger partial charge in [-0.1, -0.05) is 0 Å². The lowest BCUT2D eigenvalue weighted by Crippen LogP contribution is -2.18. The molecule has 0 radical (unpaired) electrons. The number of furan rings is 1. The molecule has 2 aromatic rings. The highest BCUT2D eigenvalue weighted by Crippen LogP contribution is 2.40. The summed E-state index contributed by atoms with van der Waals surface area (Å²) in [4.78, 5) is 2.05. The quantitative estimate of drug-likeness (QED) is 0.893. The van der Waals surface area contributed by atoms with Gasteiger partial charge in [0.05, 0.1) is 11.0 Å². The second-order valence-corrected chi connectivity index (χ2v) is 8.15. The van der Waals surface area contributed by atoms with Crippen molar-refractivity contribution in [2.45, 2.75) is 58.2 Å². The summed E-state index contributed by atoms with van der Waals surface area (Å²) in [6.07, 6.45) is 0. The number of aliphatic hydroxyl groups is 2. The van der Waals surface area contributed by atoms with Crippen LogP contribution in [0.1, 0.15) is 62.8 Å². The average Bonchev–Trinajstić information content (AvgIpc) is 2.97. The van der Waals surface area contributed by atoms with Crippen LogP contribution in [0.4, 0.5) is 0 Å². The van der Waals surface area contributed by atoms with Gasteiger partial charge in [0.15, 0.2) is 0 Å². The van der Waals surface area contributed by atoms with Crippen LogP contribution in [0.5, 0.6) is 0 Å². The molecular weight excluding hydrogens is 284 g/mol. The van der Waals surface area contributed by atoms with Crippen LogP contribution >= 0.6 is 11.3 Å². The first-order valence-corrected chi connectivity index (χ1v) is 7.90. The Morgan fingerprint density at radius 1 is 0.762 bits per heavy atom. The van der Waals surface area contributed by atoms with Crippen LogP contribution in [-0.4, -0.2) is 10.2 Å². The fourth-order valence-electron chi connectivity index (χ4n) is 2.13. The van der Waals surface area contributed by atoms with E-state index >= 15 is 0 Å². The third-order valence-corrected chi connectivity index (χ3v) is 5.37. The molecular formula is C17H24O3S. The van der Waals surface area contributed by atoms with Gasteiger partial charge >= 0.3 is 0 Å². The lowest BCUT2D eigenvalue weighted by atomic mass is 9.88. The molecule has 2 aromatic heterocycles. The highest BCUT2D eigenvalue weighted by molar-refractivity contribution is 7.12. The lowest BCUT2D eigenvalue weighted by Gasteiger charge is -2.22. The van der Waals surface area contributed by atoms with Crippen molar-refractivity contribution in [2.75, 3.05) is 0 Å². The summed E-state index contributed by atoms with van der Waals surface area (Å²) in [5.41, 5.74) is -2.12. The molecule has 116 valence electrons. The van der Waals surface area contributed by atoms with E-state index in [0.717, 1.165) is 15.5 Å². The van der Waals surface area contributed by atoms with Gasteiger partial charge in [0.2, 0.25) is 0 Å². The van der Waals surface area contributed by atoms with Crippen molar-refractivity contribution in [1.82, 2.24) is 0 Å². The summed E-state index contributed by atoms with van der Waals surface area (Å²) in [7, 11) is 0. The monoisotopic (exact) mass is 308 g/mol. The summed E-state index contributed by atoms with van der Waals surface area (Å²) in [6.45, 7) is 11.2. The van der Waals surface area contributed by atoms with Crippen LogP contribution in [0.3, 0.4) is 0 Å². The first-order chi connectivity index (χ1) is 9.42. The van der Waals surface area contributed by atoms with Crippen LogP contribution in [0, 0.1) is 0 Å². The van der Waals surface area contributed by atoms with Gasteiger partial charge in [0.1, 0.15) is 17.1 Å². The summed E-state index contributed by atoms with van der Waals surface area (Å²) in [5, 5.41) is 20.1. The van der Waals surface area contributed by atoms with Gasteiger partial charge in [-0.3, -0.25) is 0 Å². The fraction of sp³-hybridized carbons (Fsp3) is 0.529. The summed E-state index contributed by atoms with van der Waals surface area (Å²) >= 11 is 1.59. The van der Waals surface area contributed by atoms with Gasteiger partial charge in [-0.25, -0.2) is 0 Å². The van der Waals surface area contributed by atoms with Gasteiger partial charge in [-0.2, -0.15) is 0 Å². The number of thiophene rings is 1. The zero-order valence-electron chi connectivity index (χ0n) is 13.5. The predicted molar refractivity (Wildman–Crippen MR) is 85.6 cm³/mol. The van der Waals surface area contributed by atoms with Crippen molar-refractivity contribution < 1.29 is 14.6 Å². The van der Waals surface area contributed by atoms with Crippen molar-refractivity contribution in [3.05, 3.63) is 45.5 Å². The van der Waals surface area contributed by atoms with Gasteiger partial charge in [0, 0.05) is 9.75 Å². The molecule has 0 atom stereocenters. The van der Waals surface area contributed by atoms with Crippen molar-refractivity contribution in [2.24, 2.45) is 0 Å².